The fourth-order valence-electron chi connectivity index (χ4n) is 3.53. The van der Waals surface area contributed by atoms with E-state index in [1.54, 1.807) is 14.2 Å². The highest BCUT2D eigenvalue weighted by molar-refractivity contribution is 5.80. The number of hydrogen-bond donors (Lipinski definition) is 1. The van der Waals surface area contributed by atoms with Crippen LogP contribution in [0.4, 0.5) is 0 Å². The number of amides is 2. The quantitative estimate of drug-likeness (QED) is 0.758. The van der Waals surface area contributed by atoms with Gasteiger partial charge in [-0.15, -0.1) is 0 Å². The van der Waals surface area contributed by atoms with Crippen molar-refractivity contribution < 1.29 is 19.1 Å². The Bertz CT molecular complexity index is 635. The summed E-state index contributed by atoms with van der Waals surface area (Å²) in [6, 6.07) is 5.73. The molecule has 1 aliphatic rings. The van der Waals surface area contributed by atoms with Crippen LogP contribution in [0.15, 0.2) is 18.2 Å². The van der Waals surface area contributed by atoms with Crippen LogP contribution in [-0.2, 0) is 16.0 Å². The van der Waals surface area contributed by atoms with E-state index in [0.29, 0.717) is 31.0 Å². The van der Waals surface area contributed by atoms with Gasteiger partial charge in [-0.05, 0) is 43.4 Å². The van der Waals surface area contributed by atoms with E-state index in [4.69, 9.17) is 9.47 Å². The lowest BCUT2D eigenvalue weighted by molar-refractivity contribution is -0.131. The Kier molecular flexibility index (Phi) is 7.95. The van der Waals surface area contributed by atoms with Gasteiger partial charge >= 0.3 is 0 Å². The Hall–Kier alpha value is -2.24. The number of carbonyl (C=O) groups is 2. The molecule has 1 N–H and O–H groups in total. The van der Waals surface area contributed by atoms with Crippen molar-refractivity contribution in [1.82, 2.24) is 10.2 Å². The standard InChI is InChI=1S/C21H32N2O4/c1-5-16(6-2)21(25)22-17-9-11-23(12-10-17)20(24)14-15-7-8-18(26-3)19(13-15)27-4/h7-8,13,16-17H,5-6,9-12,14H2,1-4H3,(H,22,25). The van der Waals surface area contributed by atoms with Crippen molar-refractivity contribution in [3.8, 4) is 11.5 Å². The van der Waals surface area contributed by atoms with Crippen LogP contribution in [0.5, 0.6) is 11.5 Å². The highest BCUT2D eigenvalue weighted by Gasteiger charge is 2.25. The van der Waals surface area contributed by atoms with E-state index >= 15 is 0 Å². The number of benzene rings is 1. The molecule has 1 aromatic rings. The summed E-state index contributed by atoms with van der Waals surface area (Å²) in [4.78, 5) is 26.7. The van der Waals surface area contributed by atoms with Gasteiger partial charge < -0.3 is 19.7 Å². The Labute approximate surface area is 162 Å². The first-order valence-corrected chi connectivity index (χ1v) is 9.81. The van der Waals surface area contributed by atoms with Crippen LogP contribution in [0.3, 0.4) is 0 Å². The van der Waals surface area contributed by atoms with Crippen molar-refractivity contribution >= 4 is 11.8 Å². The maximum Gasteiger partial charge on any atom is 0.226 e. The molecule has 0 saturated carbocycles. The average molecular weight is 376 g/mol. The molecule has 1 heterocycles. The van der Waals surface area contributed by atoms with E-state index in [1.807, 2.05) is 36.9 Å². The van der Waals surface area contributed by atoms with Crippen molar-refractivity contribution in [2.45, 2.75) is 52.0 Å². The Morgan fingerprint density at radius 1 is 1.11 bits per heavy atom. The number of nitrogens with one attached hydrogen (secondary N) is 1. The van der Waals surface area contributed by atoms with Gasteiger partial charge in [0.1, 0.15) is 0 Å². The van der Waals surface area contributed by atoms with Gasteiger partial charge in [0.15, 0.2) is 11.5 Å². The van der Waals surface area contributed by atoms with Gasteiger partial charge in [-0.25, -0.2) is 0 Å². The third kappa shape index (κ3) is 5.62. The molecule has 6 heteroatoms. The van der Waals surface area contributed by atoms with Crippen LogP contribution in [0.25, 0.3) is 0 Å². The summed E-state index contributed by atoms with van der Waals surface area (Å²) in [5.74, 6) is 1.63. The van der Waals surface area contributed by atoms with Crippen LogP contribution >= 0.6 is 0 Å². The molecule has 0 aromatic heterocycles. The van der Waals surface area contributed by atoms with E-state index in [0.717, 1.165) is 31.2 Å². The normalized spacial score (nSPS) is 14.9. The summed E-state index contributed by atoms with van der Waals surface area (Å²) < 4.78 is 10.5. The minimum Gasteiger partial charge on any atom is -0.493 e. The first kappa shape index (κ1) is 21.1. The predicted molar refractivity (Wildman–Crippen MR) is 105 cm³/mol. The summed E-state index contributed by atoms with van der Waals surface area (Å²) in [6.45, 7) is 5.45. The van der Waals surface area contributed by atoms with Crippen LogP contribution < -0.4 is 14.8 Å². The highest BCUT2D eigenvalue weighted by Crippen LogP contribution is 2.28. The monoisotopic (exact) mass is 376 g/mol. The molecule has 1 aliphatic heterocycles. The number of piperidine rings is 1. The van der Waals surface area contributed by atoms with Crippen LogP contribution in [0.2, 0.25) is 0 Å². The molecule has 27 heavy (non-hydrogen) atoms. The first-order chi connectivity index (χ1) is 13.0. The molecule has 0 spiro atoms. The lowest BCUT2D eigenvalue weighted by atomic mass is 9.99. The topological polar surface area (TPSA) is 67.9 Å². The molecule has 2 rings (SSSR count). The molecule has 1 fully saturated rings. The summed E-state index contributed by atoms with van der Waals surface area (Å²) >= 11 is 0. The minimum atomic E-state index is 0.0923. The highest BCUT2D eigenvalue weighted by atomic mass is 16.5. The maximum absolute atomic E-state index is 12.6. The fourth-order valence-corrected chi connectivity index (χ4v) is 3.53. The molecule has 0 radical (unpaired) electrons. The van der Waals surface area contributed by atoms with Gasteiger partial charge in [-0.3, -0.25) is 9.59 Å². The van der Waals surface area contributed by atoms with Gasteiger partial charge in [0.05, 0.1) is 20.6 Å². The average Bonchev–Trinajstić information content (AvgIpc) is 2.69. The molecule has 0 unspecified atom stereocenters. The second-order valence-corrected chi connectivity index (χ2v) is 7.04. The molecular weight excluding hydrogens is 344 g/mol. The zero-order chi connectivity index (χ0) is 19.8. The van der Waals surface area contributed by atoms with Gasteiger partial charge in [0.25, 0.3) is 0 Å². The van der Waals surface area contributed by atoms with Crippen molar-refractivity contribution in [3.05, 3.63) is 23.8 Å². The lowest BCUT2D eigenvalue weighted by Crippen LogP contribution is -2.48. The largest absolute Gasteiger partial charge is 0.493 e. The van der Waals surface area contributed by atoms with E-state index in [2.05, 4.69) is 5.32 Å². The van der Waals surface area contributed by atoms with E-state index in [1.165, 1.54) is 0 Å². The van der Waals surface area contributed by atoms with Crippen LogP contribution in [0, 0.1) is 5.92 Å². The predicted octanol–water partition coefficient (Wildman–Crippen LogP) is 2.79. The third-order valence-electron chi connectivity index (χ3n) is 5.35. The van der Waals surface area contributed by atoms with Gasteiger partial charge in [-0.1, -0.05) is 19.9 Å². The first-order valence-electron chi connectivity index (χ1n) is 9.81. The maximum atomic E-state index is 12.6. The van der Waals surface area contributed by atoms with Crippen LogP contribution in [-0.4, -0.2) is 50.1 Å². The molecule has 0 bridgehead atoms. The second kappa shape index (κ2) is 10.2. The number of likely N-dealkylation sites (tertiary alicyclic amines) is 1. The van der Waals surface area contributed by atoms with E-state index < -0.39 is 0 Å². The number of hydrogen-bond acceptors (Lipinski definition) is 4. The van der Waals surface area contributed by atoms with Crippen molar-refractivity contribution in [3.63, 3.8) is 0 Å². The van der Waals surface area contributed by atoms with E-state index in [9.17, 15) is 9.59 Å². The third-order valence-corrected chi connectivity index (χ3v) is 5.35. The Morgan fingerprint density at radius 3 is 2.30 bits per heavy atom. The van der Waals surface area contributed by atoms with Gasteiger partial charge in [0, 0.05) is 25.0 Å². The SMILES string of the molecule is CCC(CC)C(=O)NC1CCN(C(=O)Cc2ccc(OC)c(OC)c2)CC1. The van der Waals surface area contributed by atoms with E-state index in [-0.39, 0.29) is 23.8 Å². The molecule has 1 saturated heterocycles. The molecule has 6 nitrogen and oxygen atoms in total. The molecule has 150 valence electrons. The Morgan fingerprint density at radius 2 is 1.74 bits per heavy atom. The van der Waals surface area contributed by atoms with Gasteiger partial charge in [0.2, 0.25) is 11.8 Å². The minimum absolute atomic E-state index is 0.0923. The Balaban J connectivity index is 1.85. The van der Waals surface area contributed by atoms with Gasteiger partial charge in [-0.2, -0.15) is 0 Å². The fraction of sp³-hybridized carbons (Fsp3) is 0.619. The summed E-state index contributed by atoms with van der Waals surface area (Å²) in [5, 5.41) is 3.15. The van der Waals surface area contributed by atoms with Crippen molar-refractivity contribution in [2.24, 2.45) is 5.92 Å². The smallest absolute Gasteiger partial charge is 0.226 e. The molecular formula is C21H32N2O4. The summed E-state index contributed by atoms with van der Waals surface area (Å²) in [6.07, 6.45) is 3.69. The molecule has 0 aliphatic carbocycles. The van der Waals surface area contributed by atoms with Crippen molar-refractivity contribution in [1.29, 1.82) is 0 Å². The number of carbonyl (C=O) groups excluding carboxylic acids is 2. The number of nitrogens with zero attached hydrogens (tertiary/aromatic N) is 1. The molecule has 1 aromatic carbocycles. The van der Waals surface area contributed by atoms with Crippen molar-refractivity contribution in [2.75, 3.05) is 27.3 Å². The lowest BCUT2D eigenvalue weighted by Gasteiger charge is -2.33. The molecule has 0 atom stereocenters. The molecule has 2 amide bonds. The number of methoxy groups -OCH3 is 2. The number of rotatable bonds is 8. The summed E-state index contributed by atoms with van der Waals surface area (Å²) in [5.41, 5.74) is 0.904. The zero-order valence-electron chi connectivity index (χ0n) is 16.9. The summed E-state index contributed by atoms with van der Waals surface area (Å²) in [7, 11) is 3.18. The number of ether oxygens (including phenoxy) is 2. The van der Waals surface area contributed by atoms with Crippen LogP contribution in [0.1, 0.15) is 45.1 Å². The second-order valence-electron chi connectivity index (χ2n) is 7.04. The zero-order valence-corrected chi connectivity index (χ0v) is 16.9.